The van der Waals surface area contributed by atoms with Gasteiger partial charge >= 0.3 is 0 Å². The molecule has 0 N–H and O–H groups in total. The van der Waals surface area contributed by atoms with E-state index in [-0.39, 0.29) is 13.4 Å². The van der Waals surface area contributed by atoms with E-state index in [1.54, 1.807) is 0 Å². The van der Waals surface area contributed by atoms with Gasteiger partial charge in [0, 0.05) is 68.2 Å². The van der Waals surface area contributed by atoms with E-state index in [1.165, 1.54) is 143 Å². The molecule has 0 spiro atoms. The van der Waals surface area contributed by atoms with Crippen LogP contribution in [0.1, 0.15) is 0 Å². The molecule has 0 saturated carbocycles. The molecule has 0 aromatic heterocycles. The molecular formula is C78H48B2N4. The van der Waals surface area contributed by atoms with Gasteiger partial charge < -0.3 is 19.6 Å². The van der Waals surface area contributed by atoms with Gasteiger partial charge in [-0.3, -0.25) is 0 Å². The first-order valence-corrected chi connectivity index (χ1v) is 29.3. The van der Waals surface area contributed by atoms with Crippen molar-refractivity contribution in [1.82, 2.24) is 0 Å². The fourth-order valence-corrected chi connectivity index (χ4v) is 15.6. The molecule has 6 heteroatoms. The largest absolute Gasteiger partial charge is 0.311 e. The minimum atomic E-state index is -0.0841. The van der Waals surface area contributed by atoms with Crippen LogP contribution in [0.3, 0.4) is 0 Å². The first-order valence-electron chi connectivity index (χ1n) is 29.3. The number of nitrogens with zero attached hydrogens (tertiary/aromatic N) is 4. The zero-order valence-electron chi connectivity index (χ0n) is 45.7. The van der Waals surface area contributed by atoms with Gasteiger partial charge in [0.05, 0.1) is 0 Å². The van der Waals surface area contributed by atoms with Gasteiger partial charge in [0.15, 0.2) is 0 Å². The van der Waals surface area contributed by atoms with Gasteiger partial charge in [-0.2, -0.15) is 0 Å². The predicted octanol–water partition coefficient (Wildman–Crippen LogP) is 16.8. The first-order chi connectivity index (χ1) is 41.7. The molecule has 84 heavy (non-hydrogen) atoms. The number of para-hydroxylation sites is 4. The summed E-state index contributed by atoms with van der Waals surface area (Å²) in [5.41, 5.74) is 21.8. The van der Waals surface area contributed by atoms with Crippen molar-refractivity contribution in [3.63, 3.8) is 0 Å². The zero-order chi connectivity index (χ0) is 54.7. The summed E-state index contributed by atoms with van der Waals surface area (Å²) in [6, 6.07) is 110. The Hall–Kier alpha value is -10.8. The van der Waals surface area contributed by atoms with Crippen LogP contribution in [0.4, 0.5) is 68.2 Å². The molecule has 0 radical (unpaired) electrons. The van der Waals surface area contributed by atoms with Crippen molar-refractivity contribution >= 4 is 179 Å². The number of rotatable bonds is 4. The van der Waals surface area contributed by atoms with Gasteiger partial charge in [-0.25, -0.2) is 0 Å². The average Bonchev–Trinajstić information content (AvgIpc) is 1.02. The van der Waals surface area contributed by atoms with Crippen LogP contribution in [0, 0.1) is 0 Å². The summed E-state index contributed by atoms with van der Waals surface area (Å²) in [6.07, 6.45) is 0. The molecule has 15 aromatic rings. The Morgan fingerprint density at radius 1 is 0.167 bits per heavy atom. The van der Waals surface area contributed by atoms with Gasteiger partial charge in [0.25, 0.3) is 13.4 Å². The summed E-state index contributed by atoms with van der Waals surface area (Å²) in [4.78, 5) is 10.2. The fourth-order valence-electron chi connectivity index (χ4n) is 15.6. The van der Waals surface area contributed by atoms with Crippen LogP contribution >= 0.6 is 0 Å². The molecule has 4 aliphatic heterocycles. The van der Waals surface area contributed by atoms with Crippen molar-refractivity contribution in [2.24, 2.45) is 0 Å². The molecule has 15 aromatic carbocycles. The second kappa shape index (κ2) is 17.4. The standard InChI is InChI=1S/C78H48B2N4/c1-3-21-49(22-4-1)81-69-35-17-15-33-65(69)79-68-47-67-75(48-76(68)84(74-40-19-37-71(81)77(74)79)52-42-44-62-58-30-10-8-26-54(58)56-28-12-14-32-60(56)64(62)46-52)82(50-23-5-2-6-24-50)72-38-20-39-73-78(72)80(67)66-34-16-18-36-70(66)83(73)51-41-43-61-57-29-9-7-25-53(57)55-27-11-13-31-59(55)63(61)45-51/h1-48H. The highest BCUT2D eigenvalue weighted by atomic mass is 15.2. The van der Waals surface area contributed by atoms with E-state index in [0.29, 0.717) is 0 Å². The summed E-state index contributed by atoms with van der Waals surface area (Å²) in [5, 5.41) is 15.2. The van der Waals surface area contributed by atoms with Crippen LogP contribution in [0.2, 0.25) is 0 Å². The van der Waals surface area contributed by atoms with Crippen LogP contribution in [-0.2, 0) is 0 Å². The molecule has 0 aliphatic carbocycles. The topological polar surface area (TPSA) is 13.0 Å². The Bertz CT molecular complexity index is 5260. The van der Waals surface area contributed by atoms with Gasteiger partial charge in [-0.1, -0.05) is 200 Å². The van der Waals surface area contributed by atoms with E-state index in [1.807, 2.05) is 0 Å². The average molecular weight is 1060 g/mol. The van der Waals surface area contributed by atoms with Crippen LogP contribution in [0.25, 0.3) is 64.6 Å². The maximum Gasteiger partial charge on any atom is 0.252 e. The molecule has 4 nitrogen and oxygen atoms in total. The maximum atomic E-state index is 2.64. The third kappa shape index (κ3) is 6.23. The molecule has 0 fully saturated rings. The Balaban J connectivity index is 0.895. The van der Waals surface area contributed by atoms with E-state index in [9.17, 15) is 0 Å². The molecule has 4 aliphatic rings. The molecule has 4 heterocycles. The van der Waals surface area contributed by atoms with Crippen molar-refractivity contribution in [2.75, 3.05) is 19.6 Å². The molecule has 0 saturated heterocycles. The lowest BCUT2D eigenvalue weighted by Gasteiger charge is -2.47. The van der Waals surface area contributed by atoms with Crippen LogP contribution < -0.4 is 52.4 Å². The SMILES string of the molecule is c1ccc(N2c3ccccc3B3c4cc5c(cc4N(c4ccc6c7ccccc7c7ccccc7c6c4)c4cccc2c43)N(c2ccccc2)c2cccc3c2B5c2ccccc2N3c2ccc3c4ccccc4c4ccccc4c3c2)cc1. The summed E-state index contributed by atoms with van der Waals surface area (Å²) in [6.45, 7) is -0.158. The third-order valence-electron chi connectivity index (χ3n) is 18.9. The number of anilines is 12. The highest BCUT2D eigenvalue weighted by molar-refractivity contribution is 7.03. The molecular weight excluding hydrogens is 1010 g/mol. The van der Waals surface area contributed by atoms with Gasteiger partial charge in [0.1, 0.15) is 0 Å². The Morgan fingerprint density at radius 2 is 0.452 bits per heavy atom. The van der Waals surface area contributed by atoms with E-state index >= 15 is 0 Å². The molecule has 0 unspecified atom stereocenters. The van der Waals surface area contributed by atoms with Crippen molar-refractivity contribution < 1.29 is 0 Å². The van der Waals surface area contributed by atoms with Crippen molar-refractivity contribution in [1.29, 1.82) is 0 Å². The lowest BCUT2D eigenvalue weighted by Crippen LogP contribution is -2.65. The number of benzene rings is 15. The summed E-state index contributed by atoms with van der Waals surface area (Å²) >= 11 is 0. The smallest absolute Gasteiger partial charge is 0.252 e. The Kier molecular flexibility index (Phi) is 9.48. The summed E-state index contributed by atoms with van der Waals surface area (Å²) < 4.78 is 0. The Labute approximate surface area is 487 Å². The normalized spacial score (nSPS) is 13.6. The molecule has 0 atom stereocenters. The monoisotopic (exact) mass is 1060 g/mol. The van der Waals surface area contributed by atoms with Gasteiger partial charge in [-0.05, 0) is 188 Å². The first kappa shape index (κ1) is 45.9. The number of hydrogen-bond donors (Lipinski definition) is 0. The second-order valence-corrected chi connectivity index (χ2v) is 23.0. The molecule has 19 rings (SSSR count). The van der Waals surface area contributed by atoms with Crippen molar-refractivity contribution in [3.8, 4) is 0 Å². The second-order valence-electron chi connectivity index (χ2n) is 23.0. The van der Waals surface area contributed by atoms with E-state index in [2.05, 4.69) is 311 Å². The van der Waals surface area contributed by atoms with Crippen LogP contribution in [0.5, 0.6) is 0 Å². The Morgan fingerprint density at radius 3 is 0.845 bits per heavy atom. The van der Waals surface area contributed by atoms with E-state index in [0.717, 1.165) is 22.7 Å². The van der Waals surface area contributed by atoms with Crippen molar-refractivity contribution in [2.45, 2.75) is 0 Å². The van der Waals surface area contributed by atoms with Gasteiger partial charge in [0.2, 0.25) is 0 Å². The highest BCUT2D eigenvalue weighted by Crippen LogP contribution is 2.50. The number of hydrogen-bond acceptors (Lipinski definition) is 4. The quantitative estimate of drug-likeness (QED) is 0.129. The molecule has 0 bridgehead atoms. The van der Waals surface area contributed by atoms with E-state index < -0.39 is 0 Å². The fraction of sp³-hybridized carbons (Fsp3) is 0. The highest BCUT2D eigenvalue weighted by Gasteiger charge is 2.48. The maximum absolute atomic E-state index is 2.64. The van der Waals surface area contributed by atoms with Gasteiger partial charge in [-0.15, -0.1) is 0 Å². The minimum absolute atomic E-state index is 0.0743. The molecule has 386 valence electrons. The molecule has 0 amide bonds. The minimum Gasteiger partial charge on any atom is -0.311 e. The summed E-state index contributed by atoms with van der Waals surface area (Å²) in [5.74, 6) is 0. The van der Waals surface area contributed by atoms with E-state index in [4.69, 9.17) is 0 Å². The zero-order valence-corrected chi connectivity index (χ0v) is 45.7. The predicted molar refractivity (Wildman–Crippen MR) is 360 cm³/mol. The van der Waals surface area contributed by atoms with Crippen LogP contribution in [-0.4, -0.2) is 13.4 Å². The third-order valence-corrected chi connectivity index (χ3v) is 18.9. The van der Waals surface area contributed by atoms with Crippen LogP contribution in [0.15, 0.2) is 291 Å². The number of fused-ring (bicyclic) bond motifs is 20. The lowest BCUT2D eigenvalue weighted by molar-refractivity contribution is 1.24. The summed E-state index contributed by atoms with van der Waals surface area (Å²) in [7, 11) is 0. The van der Waals surface area contributed by atoms with Crippen molar-refractivity contribution in [3.05, 3.63) is 291 Å². The lowest BCUT2D eigenvalue weighted by atomic mass is 9.30.